The van der Waals surface area contributed by atoms with E-state index in [9.17, 15) is 8.78 Å². The summed E-state index contributed by atoms with van der Waals surface area (Å²) in [6, 6.07) is 6.79. The van der Waals surface area contributed by atoms with Crippen molar-refractivity contribution in [2.24, 2.45) is 0 Å². The van der Waals surface area contributed by atoms with Crippen LogP contribution in [0.15, 0.2) is 24.3 Å². The van der Waals surface area contributed by atoms with Crippen LogP contribution >= 0.6 is 0 Å². The third-order valence-electron chi connectivity index (χ3n) is 2.83. The van der Waals surface area contributed by atoms with Gasteiger partial charge in [-0.15, -0.1) is 0 Å². The number of nitrogens with zero attached hydrogens (tertiary/aromatic N) is 1. The number of fused-ring (bicyclic) bond motifs is 1. The summed E-state index contributed by atoms with van der Waals surface area (Å²) in [7, 11) is 1.50. The maximum Gasteiger partial charge on any atom is 0.280 e. The molecule has 0 spiro atoms. The molecule has 0 saturated carbocycles. The first kappa shape index (κ1) is 13.5. The van der Waals surface area contributed by atoms with Crippen LogP contribution in [0.3, 0.4) is 0 Å². The van der Waals surface area contributed by atoms with Crippen LogP contribution in [0.5, 0.6) is 5.75 Å². The van der Waals surface area contributed by atoms with Crippen LogP contribution < -0.4 is 10.1 Å². The normalized spacial score (nSPS) is 11.0. The number of hydrogen-bond acceptors (Lipinski definition) is 3. The summed E-state index contributed by atoms with van der Waals surface area (Å²) in [6.07, 6.45) is -1.69. The molecule has 1 heterocycles. The molecule has 3 nitrogen and oxygen atoms in total. The van der Waals surface area contributed by atoms with Crippen molar-refractivity contribution >= 4 is 16.6 Å². The smallest absolute Gasteiger partial charge is 0.280 e. The van der Waals surface area contributed by atoms with Gasteiger partial charge in [0.05, 0.1) is 7.11 Å². The molecule has 1 aromatic carbocycles. The number of halogens is 2. The average Bonchev–Trinajstić information content (AvgIpc) is 2.43. The van der Waals surface area contributed by atoms with Crippen LogP contribution in [0.1, 0.15) is 25.5 Å². The Morgan fingerprint density at radius 3 is 2.79 bits per heavy atom. The summed E-state index contributed by atoms with van der Waals surface area (Å²) in [4.78, 5) is 4.00. The summed E-state index contributed by atoms with van der Waals surface area (Å²) in [5.41, 5.74) is 0.887. The lowest BCUT2D eigenvalue weighted by atomic mass is 10.1. The molecule has 0 unspecified atom stereocenters. The maximum absolute atomic E-state index is 12.9. The number of ether oxygens (including phenoxy) is 1. The standard InChI is InChI=1S/C14H16F2N2O/c1-3-7-17-10-8-11(14(15)16)18-13-9(10)5-4-6-12(13)19-2/h4-6,8,14H,3,7H2,1-2H3,(H,17,18). The van der Waals surface area contributed by atoms with Crippen molar-refractivity contribution in [3.8, 4) is 5.75 Å². The lowest BCUT2D eigenvalue weighted by Crippen LogP contribution is -2.03. The molecule has 2 aromatic rings. The number of pyridine rings is 1. The maximum atomic E-state index is 12.9. The van der Waals surface area contributed by atoms with E-state index in [1.165, 1.54) is 13.2 Å². The van der Waals surface area contributed by atoms with E-state index in [0.29, 0.717) is 17.0 Å². The SMILES string of the molecule is CCCNc1cc(C(F)F)nc2c(OC)cccc12. The largest absolute Gasteiger partial charge is 0.494 e. The van der Waals surface area contributed by atoms with Gasteiger partial charge < -0.3 is 10.1 Å². The fourth-order valence-electron chi connectivity index (χ4n) is 1.92. The molecule has 102 valence electrons. The van der Waals surface area contributed by atoms with Crippen LogP contribution in [-0.2, 0) is 0 Å². The Balaban J connectivity index is 2.63. The van der Waals surface area contributed by atoms with Crippen molar-refractivity contribution in [1.82, 2.24) is 4.98 Å². The average molecular weight is 266 g/mol. The Morgan fingerprint density at radius 2 is 2.16 bits per heavy atom. The monoisotopic (exact) mass is 266 g/mol. The third-order valence-corrected chi connectivity index (χ3v) is 2.83. The second-order valence-electron chi connectivity index (χ2n) is 4.18. The van der Waals surface area contributed by atoms with E-state index in [1.807, 2.05) is 19.1 Å². The highest BCUT2D eigenvalue weighted by Crippen LogP contribution is 2.32. The summed E-state index contributed by atoms with van der Waals surface area (Å²) >= 11 is 0. The van der Waals surface area contributed by atoms with E-state index >= 15 is 0 Å². The van der Waals surface area contributed by atoms with Gasteiger partial charge in [0.25, 0.3) is 6.43 Å². The number of aromatic nitrogens is 1. The van der Waals surface area contributed by atoms with Crippen LogP contribution in [-0.4, -0.2) is 18.6 Å². The van der Waals surface area contributed by atoms with E-state index in [-0.39, 0.29) is 5.69 Å². The number of benzene rings is 1. The van der Waals surface area contributed by atoms with Crippen molar-refractivity contribution in [2.45, 2.75) is 19.8 Å². The molecule has 0 atom stereocenters. The zero-order chi connectivity index (χ0) is 13.8. The van der Waals surface area contributed by atoms with Crippen molar-refractivity contribution < 1.29 is 13.5 Å². The molecule has 0 saturated heterocycles. The molecule has 5 heteroatoms. The van der Waals surface area contributed by atoms with E-state index in [2.05, 4.69) is 10.3 Å². The van der Waals surface area contributed by atoms with Crippen molar-refractivity contribution in [2.75, 3.05) is 19.0 Å². The molecule has 0 aliphatic heterocycles. The van der Waals surface area contributed by atoms with E-state index in [4.69, 9.17) is 4.74 Å². The second kappa shape index (κ2) is 5.82. The first-order chi connectivity index (χ1) is 9.17. The summed E-state index contributed by atoms with van der Waals surface area (Å²) in [5.74, 6) is 0.500. The molecule has 0 amide bonds. The van der Waals surface area contributed by atoms with Crippen molar-refractivity contribution in [3.05, 3.63) is 30.0 Å². The van der Waals surface area contributed by atoms with Gasteiger partial charge in [0.1, 0.15) is 17.0 Å². The molecule has 0 aliphatic carbocycles. The Morgan fingerprint density at radius 1 is 1.37 bits per heavy atom. The van der Waals surface area contributed by atoms with Gasteiger partial charge in [-0.1, -0.05) is 19.1 Å². The molecule has 0 bridgehead atoms. The van der Waals surface area contributed by atoms with E-state index in [0.717, 1.165) is 18.4 Å². The Kier molecular flexibility index (Phi) is 4.14. The number of rotatable bonds is 5. The van der Waals surface area contributed by atoms with Gasteiger partial charge in [-0.05, 0) is 18.6 Å². The van der Waals surface area contributed by atoms with Crippen LogP contribution in [0.25, 0.3) is 10.9 Å². The van der Waals surface area contributed by atoms with Gasteiger partial charge in [-0.3, -0.25) is 0 Å². The first-order valence-corrected chi connectivity index (χ1v) is 6.17. The number of methoxy groups -OCH3 is 1. The zero-order valence-corrected chi connectivity index (χ0v) is 10.9. The van der Waals surface area contributed by atoms with Gasteiger partial charge in [0.2, 0.25) is 0 Å². The number of para-hydroxylation sites is 1. The Labute approximate surface area is 110 Å². The number of nitrogens with one attached hydrogen (secondary N) is 1. The summed E-state index contributed by atoms with van der Waals surface area (Å²) < 4.78 is 31.0. The van der Waals surface area contributed by atoms with E-state index in [1.54, 1.807) is 6.07 Å². The lowest BCUT2D eigenvalue weighted by Gasteiger charge is -2.13. The summed E-state index contributed by atoms with van der Waals surface area (Å²) in [5, 5.41) is 3.94. The second-order valence-corrected chi connectivity index (χ2v) is 4.18. The highest BCUT2D eigenvalue weighted by atomic mass is 19.3. The molecule has 1 N–H and O–H groups in total. The minimum absolute atomic E-state index is 0.240. The quantitative estimate of drug-likeness (QED) is 0.888. The molecule has 0 radical (unpaired) electrons. The fraction of sp³-hybridized carbons (Fsp3) is 0.357. The zero-order valence-electron chi connectivity index (χ0n) is 10.9. The van der Waals surface area contributed by atoms with Crippen LogP contribution in [0, 0.1) is 0 Å². The molecule has 2 rings (SSSR count). The number of hydrogen-bond donors (Lipinski definition) is 1. The number of anilines is 1. The van der Waals surface area contributed by atoms with E-state index < -0.39 is 6.43 Å². The predicted octanol–water partition coefficient (Wildman–Crippen LogP) is 4.00. The van der Waals surface area contributed by atoms with Gasteiger partial charge in [-0.2, -0.15) is 0 Å². The Bertz CT molecular complexity index is 573. The molecule has 19 heavy (non-hydrogen) atoms. The van der Waals surface area contributed by atoms with Crippen LogP contribution in [0.4, 0.5) is 14.5 Å². The predicted molar refractivity (Wildman–Crippen MR) is 72.0 cm³/mol. The molecule has 1 aromatic heterocycles. The van der Waals surface area contributed by atoms with Crippen molar-refractivity contribution in [1.29, 1.82) is 0 Å². The molecule has 0 aliphatic rings. The van der Waals surface area contributed by atoms with Crippen LogP contribution in [0.2, 0.25) is 0 Å². The third kappa shape index (κ3) is 2.75. The minimum atomic E-state index is -2.60. The topological polar surface area (TPSA) is 34.2 Å². The lowest BCUT2D eigenvalue weighted by molar-refractivity contribution is 0.146. The minimum Gasteiger partial charge on any atom is -0.494 e. The summed E-state index contributed by atoms with van der Waals surface area (Å²) in [6.45, 7) is 2.74. The molecular weight excluding hydrogens is 250 g/mol. The molecular formula is C14H16F2N2O. The number of alkyl halides is 2. The van der Waals surface area contributed by atoms with Gasteiger partial charge in [-0.25, -0.2) is 13.8 Å². The Hall–Kier alpha value is -1.91. The molecule has 0 fully saturated rings. The van der Waals surface area contributed by atoms with Gasteiger partial charge in [0, 0.05) is 17.6 Å². The van der Waals surface area contributed by atoms with Gasteiger partial charge >= 0.3 is 0 Å². The highest BCUT2D eigenvalue weighted by molar-refractivity contribution is 5.95. The highest BCUT2D eigenvalue weighted by Gasteiger charge is 2.15. The van der Waals surface area contributed by atoms with Gasteiger partial charge in [0.15, 0.2) is 0 Å². The van der Waals surface area contributed by atoms with Crippen molar-refractivity contribution in [3.63, 3.8) is 0 Å². The first-order valence-electron chi connectivity index (χ1n) is 6.17. The fourth-order valence-corrected chi connectivity index (χ4v) is 1.92.